The molecule has 0 atom stereocenters. The van der Waals surface area contributed by atoms with Gasteiger partial charge in [0.1, 0.15) is 0 Å². The molecule has 16 heavy (non-hydrogen) atoms. The van der Waals surface area contributed by atoms with Crippen LogP contribution in [0, 0.1) is 0 Å². The van der Waals surface area contributed by atoms with E-state index >= 15 is 0 Å². The molecule has 1 saturated heterocycles. The first kappa shape index (κ1) is 11.1. The molecule has 2 N–H and O–H groups in total. The van der Waals surface area contributed by atoms with Gasteiger partial charge in [-0.3, -0.25) is 4.79 Å². The molecule has 1 aliphatic heterocycles. The molecule has 4 heteroatoms. The van der Waals surface area contributed by atoms with Gasteiger partial charge in [0, 0.05) is 24.3 Å². The van der Waals surface area contributed by atoms with Crippen LogP contribution in [0.4, 0.5) is 5.69 Å². The van der Waals surface area contributed by atoms with Crippen LogP contribution in [0.2, 0.25) is 0 Å². The van der Waals surface area contributed by atoms with Crippen LogP contribution >= 0.6 is 0 Å². The Morgan fingerprint density at radius 3 is 2.81 bits per heavy atom. The van der Waals surface area contributed by atoms with Crippen LogP contribution in [0.3, 0.4) is 0 Å². The quantitative estimate of drug-likeness (QED) is 0.760. The highest BCUT2D eigenvalue weighted by atomic mass is 16.5. The van der Waals surface area contributed by atoms with Gasteiger partial charge in [-0.25, -0.2) is 0 Å². The normalized spacial score (nSPS) is 16.2. The molecule has 1 aromatic carbocycles. The molecule has 86 valence electrons. The fourth-order valence-corrected chi connectivity index (χ4v) is 1.82. The zero-order valence-electron chi connectivity index (χ0n) is 9.19. The molecule has 1 fully saturated rings. The average molecular weight is 220 g/mol. The smallest absolute Gasteiger partial charge is 0.176 e. The Morgan fingerprint density at radius 1 is 1.38 bits per heavy atom. The molecule has 0 aliphatic carbocycles. The van der Waals surface area contributed by atoms with Crippen molar-refractivity contribution in [2.75, 3.05) is 37.7 Å². The summed E-state index contributed by atoms with van der Waals surface area (Å²) in [6.45, 7) is 3.30. The van der Waals surface area contributed by atoms with Crippen LogP contribution in [-0.2, 0) is 4.74 Å². The lowest BCUT2D eigenvalue weighted by atomic mass is 10.1. The van der Waals surface area contributed by atoms with Crippen molar-refractivity contribution in [1.82, 2.24) is 0 Å². The second-order valence-corrected chi connectivity index (χ2v) is 3.78. The van der Waals surface area contributed by atoms with Gasteiger partial charge in [0.15, 0.2) is 5.78 Å². The summed E-state index contributed by atoms with van der Waals surface area (Å²) in [4.78, 5) is 13.7. The summed E-state index contributed by atoms with van der Waals surface area (Å²) in [7, 11) is 0. The first-order valence-corrected chi connectivity index (χ1v) is 5.47. The van der Waals surface area contributed by atoms with Gasteiger partial charge in [-0.2, -0.15) is 0 Å². The van der Waals surface area contributed by atoms with Gasteiger partial charge in [-0.1, -0.05) is 12.1 Å². The molecule has 2 rings (SSSR count). The molecule has 0 aromatic heterocycles. The van der Waals surface area contributed by atoms with E-state index in [4.69, 9.17) is 10.5 Å². The van der Waals surface area contributed by atoms with E-state index in [0.717, 1.165) is 32.0 Å². The molecule has 1 aliphatic rings. The second-order valence-electron chi connectivity index (χ2n) is 3.78. The topological polar surface area (TPSA) is 55.6 Å². The second kappa shape index (κ2) is 5.09. The number of nitrogens with two attached hydrogens (primary N) is 1. The van der Waals surface area contributed by atoms with Crippen molar-refractivity contribution in [1.29, 1.82) is 0 Å². The maximum atomic E-state index is 11.5. The Balaban J connectivity index is 2.17. The summed E-state index contributed by atoms with van der Waals surface area (Å²) < 4.78 is 5.29. The minimum atomic E-state index is -0.0184. The third-order valence-corrected chi connectivity index (χ3v) is 2.73. The van der Waals surface area contributed by atoms with E-state index < -0.39 is 0 Å². The van der Waals surface area contributed by atoms with E-state index in [1.54, 1.807) is 6.07 Å². The molecule has 0 bridgehead atoms. The van der Waals surface area contributed by atoms with Crippen molar-refractivity contribution in [2.45, 2.75) is 0 Å². The van der Waals surface area contributed by atoms with Gasteiger partial charge < -0.3 is 15.4 Å². The molecule has 1 heterocycles. The molecule has 4 nitrogen and oxygen atoms in total. The number of ketones is 1. The Labute approximate surface area is 95.0 Å². The zero-order chi connectivity index (χ0) is 11.4. The first-order chi connectivity index (χ1) is 7.81. The number of benzene rings is 1. The van der Waals surface area contributed by atoms with Crippen LogP contribution in [0.1, 0.15) is 10.4 Å². The van der Waals surface area contributed by atoms with Gasteiger partial charge in [0.05, 0.1) is 19.8 Å². The van der Waals surface area contributed by atoms with Crippen molar-refractivity contribution >= 4 is 11.5 Å². The molecule has 0 radical (unpaired) electrons. The lowest BCUT2D eigenvalue weighted by Crippen LogP contribution is -2.36. The van der Waals surface area contributed by atoms with Crippen molar-refractivity contribution in [2.24, 2.45) is 5.73 Å². The number of nitrogens with zero attached hydrogens (tertiary/aromatic N) is 1. The monoisotopic (exact) mass is 220 g/mol. The predicted molar refractivity (Wildman–Crippen MR) is 62.9 cm³/mol. The SMILES string of the molecule is NCC(=O)c1cccc(N2CCOCC2)c1. The summed E-state index contributed by atoms with van der Waals surface area (Å²) in [6, 6.07) is 7.62. The number of Topliss-reactive ketones (excluding diaryl/α,β-unsaturated/α-hetero) is 1. The van der Waals surface area contributed by atoms with Gasteiger partial charge in [-0.05, 0) is 12.1 Å². The minimum absolute atomic E-state index is 0.0184. The van der Waals surface area contributed by atoms with Crippen molar-refractivity contribution in [3.63, 3.8) is 0 Å². The maximum absolute atomic E-state index is 11.5. The van der Waals surface area contributed by atoms with E-state index in [0.29, 0.717) is 5.56 Å². The maximum Gasteiger partial charge on any atom is 0.176 e. The van der Waals surface area contributed by atoms with Crippen LogP contribution in [-0.4, -0.2) is 38.6 Å². The molecule has 0 unspecified atom stereocenters. The highest BCUT2D eigenvalue weighted by Gasteiger charge is 2.12. The van der Waals surface area contributed by atoms with Gasteiger partial charge in [0.2, 0.25) is 0 Å². The molecule has 0 saturated carbocycles. The van der Waals surface area contributed by atoms with Crippen LogP contribution in [0.5, 0.6) is 0 Å². The fraction of sp³-hybridized carbons (Fsp3) is 0.417. The van der Waals surface area contributed by atoms with E-state index in [1.165, 1.54) is 0 Å². The number of morpholine rings is 1. The number of anilines is 1. The Kier molecular flexibility index (Phi) is 3.54. The number of carbonyl (C=O) groups is 1. The van der Waals surface area contributed by atoms with E-state index in [1.807, 2.05) is 18.2 Å². The summed E-state index contributed by atoms with van der Waals surface area (Å²) in [6.07, 6.45) is 0. The standard InChI is InChI=1S/C12H16N2O2/c13-9-12(15)10-2-1-3-11(8-10)14-4-6-16-7-5-14/h1-3,8H,4-7,9,13H2. The number of rotatable bonds is 3. The highest BCUT2D eigenvalue weighted by molar-refractivity contribution is 5.98. The molecular weight excluding hydrogens is 204 g/mol. The van der Waals surface area contributed by atoms with Crippen LogP contribution < -0.4 is 10.6 Å². The Bertz CT molecular complexity index is 373. The number of ether oxygens (including phenoxy) is 1. The predicted octanol–water partition coefficient (Wildman–Crippen LogP) is 0.665. The molecule has 0 amide bonds. The van der Waals surface area contributed by atoms with Crippen molar-refractivity contribution in [3.05, 3.63) is 29.8 Å². The average Bonchev–Trinajstić information content (AvgIpc) is 2.39. The Hall–Kier alpha value is -1.39. The molecule has 0 spiro atoms. The van der Waals surface area contributed by atoms with Crippen molar-refractivity contribution < 1.29 is 9.53 Å². The van der Waals surface area contributed by atoms with E-state index in [2.05, 4.69) is 4.90 Å². The summed E-state index contributed by atoms with van der Waals surface area (Å²) >= 11 is 0. The van der Waals surface area contributed by atoms with Gasteiger partial charge in [-0.15, -0.1) is 0 Å². The molecule has 1 aromatic rings. The summed E-state index contributed by atoms with van der Waals surface area (Å²) in [5, 5.41) is 0. The number of carbonyl (C=O) groups excluding carboxylic acids is 1. The lowest BCUT2D eigenvalue weighted by Gasteiger charge is -2.29. The van der Waals surface area contributed by atoms with Crippen LogP contribution in [0.15, 0.2) is 24.3 Å². The number of hydrogen-bond acceptors (Lipinski definition) is 4. The Morgan fingerprint density at radius 2 is 2.12 bits per heavy atom. The van der Waals surface area contributed by atoms with Crippen molar-refractivity contribution in [3.8, 4) is 0 Å². The van der Waals surface area contributed by atoms with E-state index in [-0.39, 0.29) is 12.3 Å². The number of hydrogen-bond donors (Lipinski definition) is 1. The molecular formula is C12H16N2O2. The first-order valence-electron chi connectivity index (χ1n) is 5.47. The van der Waals surface area contributed by atoms with E-state index in [9.17, 15) is 4.79 Å². The zero-order valence-corrected chi connectivity index (χ0v) is 9.19. The van der Waals surface area contributed by atoms with Gasteiger partial charge >= 0.3 is 0 Å². The summed E-state index contributed by atoms with van der Waals surface area (Å²) in [5.74, 6) is -0.0184. The third-order valence-electron chi connectivity index (χ3n) is 2.73. The lowest BCUT2D eigenvalue weighted by molar-refractivity contribution is 0.100. The fourth-order valence-electron chi connectivity index (χ4n) is 1.82. The van der Waals surface area contributed by atoms with Gasteiger partial charge in [0.25, 0.3) is 0 Å². The highest BCUT2D eigenvalue weighted by Crippen LogP contribution is 2.17. The minimum Gasteiger partial charge on any atom is -0.378 e. The van der Waals surface area contributed by atoms with Crippen LogP contribution in [0.25, 0.3) is 0 Å². The largest absolute Gasteiger partial charge is 0.378 e. The third kappa shape index (κ3) is 2.40. The summed E-state index contributed by atoms with van der Waals surface area (Å²) in [5.41, 5.74) is 7.11.